The fourth-order valence-electron chi connectivity index (χ4n) is 2.04. The van der Waals surface area contributed by atoms with Crippen LogP contribution in [0, 0.1) is 5.92 Å². The highest BCUT2D eigenvalue weighted by molar-refractivity contribution is 5.24. The van der Waals surface area contributed by atoms with Gasteiger partial charge in [0, 0.05) is 5.70 Å². The fraction of sp³-hybridized carbons (Fsp3) is 0.538. The van der Waals surface area contributed by atoms with Gasteiger partial charge < -0.3 is 11.1 Å². The Balaban J connectivity index is 2.60. The van der Waals surface area contributed by atoms with Crippen LogP contribution in [-0.2, 0) is 0 Å². The Kier molecular flexibility index (Phi) is 5.19. The minimum atomic E-state index is 0.691. The standard InChI is InChI=1S/C13H22N2/c1-3-5-13(14)10-11(2)12-6-4-8-15-9-7-12/h3,5,10,12,15H,1,4,6-9,14H2,2H3/b11-10+,13-5+. The fourth-order valence-corrected chi connectivity index (χ4v) is 2.04. The normalized spacial score (nSPS) is 24.7. The molecule has 1 unspecified atom stereocenters. The quantitative estimate of drug-likeness (QED) is 0.696. The van der Waals surface area contributed by atoms with E-state index in [9.17, 15) is 0 Å². The van der Waals surface area contributed by atoms with Gasteiger partial charge in [0.1, 0.15) is 0 Å². The van der Waals surface area contributed by atoms with Crippen molar-refractivity contribution >= 4 is 0 Å². The first kappa shape index (κ1) is 12.1. The second-order valence-corrected chi connectivity index (χ2v) is 4.17. The number of hydrogen-bond acceptors (Lipinski definition) is 2. The Labute approximate surface area is 92.9 Å². The van der Waals surface area contributed by atoms with E-state index in [1.807, 2.05) is 6.08 Å². The summed E-state index contributed by atoms with van der Waals surface area (Å²) in [5.41, 5.74) is 8.03. The van der Waals surface area contributed by atoms with Crippen molar-refractivity contribution in [1.82, 2.24) is 5.32 Å². The summed E-state index contributed by atoms with van der Waals surface area (Å²) in [6, 6.07) is 0. The Bertz CT molecular complexity index is 256. The van der Waals surface area contributed by atoms with Gasteiger partial charge in [0.2, 0.25) is 0 Å². The zero-order valence-corrected chi connectivity index (χ0v) is 9.63. The summed E-state index contributed by atoms with van der Waals surface area (Å²) >= 11 is 0. The SMILES string of the molecule is C=C/C=C(N)\C=C(/C)C1CCCNCC1. The molecule has 0 aromatic heterocycles. The summed E-state index contributed by atoms with van der Waals surface area (Å²) in [5.74, 6) is 0.691. The third-order valence-corrected chi connectivity index (χ3v) is 2.92. The molecule has 2 nitrogen and oxygen atoms in total. The van der Waals surface area contributed by atoms with Crippen molar-refractivity contribution in [2.75, 3.05) is 13.1 Å². The van der Waals surface area contributed by atoms with E-state index in [1.165, 1.54) is 24.8 Å². The first-order chi connectivity index (χ1) is 7.24. The molecule has 0 radical (unpaired) electrons. The molecule has 2 heteroatoms. The Morgan fingerprint density at radius 1 is 1.40 bits per heavy atom. The van der Waals surface area contributed by atoms with E-state index in [2.05, 4.69) is 24.9 Å². The van der Waals surface area contributed by atoms with E-state index in [0.29, 0.717) is 5.92 Å². The van der Waals surface area contributed by atoms with Crippen LogP contribution in [0.15, 0.2) is 36.1 Å². The maximum Gasteiger partial charge on any atom is 0.0313 e. The highest BCUT2D eigenvalue weighted by Gasteiger charge is 2.13. The van der Waals surface area contributed by atoms with Gasteiger partial charge >= 0.3 is 0 Å². The lowest BCUT2D eigenvalue weighted by Gasteiger charge is -2.14. The molecule has 84 valence electrons. The van der Waals surface area contributed by atoms with E-state index in [1.54, 1.807) is 6.08 Å². The molecular formula is C13H22N2. The van der Waals surface area contributed by atoms with Crippen molar-refractivity contribution in [3.63, 3.8) is 0 Å². The van der Waals surface area contributed by atoms with Crippen LogP contribution in [-0.4, -0.2) is 13.1 Å². The zero-order chi connectivity index (χ0) is 11.1. The maximum absolute atomic E-state index is 5.83. The molecule has 15 heavy (non-hydrogen) atoms. The van der Waals surface area contributed by atoms with E-state index in [-0.39, 0.29) is 0 Å². The highest BCUT2D eigenvalue weighted by Crippen LogP contribution is 2.22. The molecule has 0 amide bonds. The van der Waals surface area contributed by atoms with E-state index >= 15 is 0 Å². The molecule has 0 saturated carbocycles. The third-order valence-electron chi connectivity index (χ3n) is 2.92. The molecule has 0 bridgehead atoms. The smallest absolute Gasteiger partial charge is 0.0313 e. The number of hydrogen-bond donors (Lipinski definition) is 2. The van der Waals surface area contributed by atoms with Gasteiger partial charge in [0.15, 0.2) is 0 Å². The van der Waals surface area contributed by atoms with Gasteiger partial charge in [0.05, 0.1) is 0 Å². The Morgan fingerprint density at radius 2 is 2.20 bits per heavy atom. The van der Waals surface area contributed by atoms with Gasteiger partial charge in [-0.1, -0.05) is 18.2 Å². The molecular weight excluding hydrogens is 184 g/mol. The molecule has 1 fully saturated rings. The van der Waals surface area contributed by atoms with Gasteiger partial charge in [0.25, 0.3) is 0 Å². The molecule has 0 spiro atoms. The van der Waals surface area contributed by atoms with Crippen LogP contribution in [0.25, 0.3) is 0 Å². The monoisotopic (exact) mass is 206 g/mol. The first-order valence-electron chi connectivity index (χ1n) is 5.71. The van der Waals surface area contributed by atoms with E-state index in [4.69, 9.17) is 5.73 Å². The topological polar surface area (TPSA) is 38.0 Å². The second kappa shape index (κ2) is 6.46. The van der Waals surface area contributed by atoms with E-state index in [0.717, 1.165) is 18.8 Å². The van der Waals surface area contributed by atoms with Crippen LogP contribution >= 0.6 is 0 Å². The predicted molar refractivity (Wildman–Crippen MR) is 66.4 cm³/mol. The molecule has 1 saturated heterocycles. The highest BCUT2D eigenvalue weighted by atomic mass is 14.8. The lowest BCUT2D eigenvalue weighted by Crippen LogP contribution is -2.14. The summed E-state index contributed by atoms with van der Waals surface area (Å²) in [5, 5.41) is 3.42. The summed E-state index contributed by atoms with van der Waals surface area (Å²) < 4.78 is 0. The average molecular weight is 206 g/mol. The van der Waals surface area contributed by atoms with Crippen LogP contribution < -0.4 is 11.1 Å². The summed E-state index contributed by atoms with van der Waals surface area (Å²) in [6.07, 6.45) is 9.42. The predicted octanol–water partition coefficient (Wildman–Crippen LogP) is 2.35. The molecule has 0 aromatic carbocycles. The van der Waals surface area contributed by atoms with Crippen LogP contribution in [0.5, 0.6) is 0 Å². The van der Waals surface area contributed by atoms with E-state index < -0.39 is 0 Å². The average Bonchev–Trinajstić information content (AvgIpc) is 2.45. The summed E-state index contributed by atoms with van der Waals surface area (Å²) in [4.78, 5) is 0. The maximum atomic E-state index is 5.83. The van der Waals surface area contributed by atoms with Crippen LogP contribution in [0.3, 0.4) is 0 Å². The van der Waals surface area contributed by atoms with Gasteiger partial charge in [-0.3, -0.25) is 0 Å². The van der Waals surface area contributed by atoms with Crippen molar-refractivity contribution in [2.24, 2.45) is 11.7 Å². The minimum Gasteiger partial charge on any atom is -0.399 e. The summed E-state index contributed by atoms with van der Waals surface area (Å²) in [6.45, 7) is 8.10. The molecule has 3 N–H and O–H groups in total. The Morgan fingerprint density at radius 3 is 2.93 bits per heavy atom. The van der Waals surface area contributed by atoms with Gasteiger partial charge in [-0.2, -0.15) is 0 Å². The largest absolute Gasteiger partial charge is 0.399 e. The molecule has 1 heterocycles. The molecule has 0 aromatic rings. The molecule has 0 aliphatic carbocycles. The summed E-state index contributed by atoms with van der Waals surface area (Å²) in [7, 11) is 0. The minimum absolute atomic E-state index is 0.691. The zero-order valence-electron chi connectivity index (χ0n) is 9.63. The van der Waals surface area contributed by atoms with Gasteiger partial charge in [-0.25, -0.2) is 0 Å². The lowest BCUT2D eigenvalue weighted by atomic mass is 9.92. The number of allylic oxidation sites excluding steroid dienone is 4. The number of nitrogens with one attached hydrogen (secondary N) is 1. The van der Waals surface area contributed by atoms with Crippen molar-refractivity contribution in [3.8, 4) is 0 Å². The number of rotatable bonds is 3. The van der Waals surface area contributed by atoms with Crippen molar-refractivity contribution in [2.45, 2.75) is 26.2 Å². The van der Waals surface area contributed by atoms with Crippen LogP contribution in [0.2, 0.25) is 0 Å². The molecule has 1 rings (SSSR count). The van der Waals surface area contributed by atoms with Crippen molar-refractivity contribution < 1.29 is 0 Å². The Hall–Kier alpha value is -1.02. The van der Waals surface area contributed by atoms with Crippen molar-refractivity contribution in [1.29, 1.82) is 0 Å². The molecule has 1 atom stereocenters. The third kappa shape index (κ3) is 4.34. The van der Waals surface area contributed by atoms with Gasteiger partial charge in [-0.15, -0.1) is 0 Å². The molecule has 1 aliphatic heterocycles. The second-order valence-electron chi connectivity index (χ2n) is 4.17. The lowest BCUT2D eigenvalue weighted by molar-refractivity contribution is 0.544. The first-order valence-corrected chi connectivity index (χ1v) is 5.71. The molecule has 1 aliphatic rings. The number of nitrogens with two attached hydrogens (primary N) is 1. The van der Waals surface area contributed by atoms with Crippen LogP contribution in [0.4, 0.5) is 0 Å². The van der Waals surface area contributed by atoms with Crippen molar-refractivity contribution in [3.05, 3.63) is 36.1 Å². The van der Waals surface area contributed by atoms with Gasteiger partial charge in [-0.05, 0) is 57.3 Å². The van der Waals surface area contributed by atoms with Crippen LogP contribution in [0.1, 0.15) is 26.2 Å².